The molecular weight excluding hydrogens is 579 g/mol. The molecule has 3 nitrogen and oxygen atoms in total. The first-order valence-corrected chi connectivity index (χ1v) is 16.6. The van der Waals surface area contributed by atoms with E-state index in [9.17, 15) is 0 Å². The third-order valence-electron chi connectivity index (χ3n) is 10.4. The monoisotopic (exact) mass is 603 g/mol. The molecular formula is C42H25N3S. The fourth-order valence-electron chi connectivity index (χ4n) is 8.31. The molecule has 0 saturated heterocycles. The molecule has 0 fully saturated rings. The average Bonchev–Trinajstić information content (AvgIpc) is 3.74. The van der Waals surface area contributed by atoms with E-state index in [0.717, 1.165) is 39.6 Å². The van der Waals surface area contributed by atoms with Crippen molar-refractivity contribution in [3.8, 4) is 39.5 Å². The van der Waals surface area contributed by atoms with Crippen LogP contribution in [0.25, 0.3) is 81.4 Å². The van der Waals surface area contributed by atoms with Crippen LogP contribution >= 0.6 is 11.3 Å². The number of nitrogens with zero attached hydrogens (tertiary/aromatic N) is 3. The van der Waals surface area contributed by atoms with E-state index < -0.39 is 5.41 Å². The summed E-state index contributed by atoms with van der Waals surface area (Å²) in [5.74, 6) is 0.756. The van der Waals surface area contributed by atoms with E-state index in [2.05, 4.69) is 145 Å². The summed E-state index contributed by atoms with van der Waals surface area (Å²) < 4.78 is 5.08. The highest BCUT2D eigenvalue weighted by molar-refractivity contribution is 7.26. The van der Waals surface area contributed by atoms with Gasteiger partial charge in [-0.05, 0) is 66.1 Å². The van der Waals surface area contributed by atoms with E-state index in [1.165, 1.54) is 58.7 Å². The molecule has 1 aliphatic carbocycles. The molecule has 0 saturated carbocycles. The van der Waals surface area contributed by atoms with Crippen LogP contribution in [0.4, 0.5) is 0 Å². The Morgan fingerprint density at radius 2 is 1.37 bits per heavy atom. The van der Waals surface area contributed by atoms with Crippen molar-refractivity contribution < 1.29 is 0 Å². The molecule has 0 N–H and O–H groups in total. The Labute approximate surface area is 269 Å². The molecule has 1 unspecified atom stereocenters. The van der Waals surface area contributed by atoms with Crippen LogP contribution in [0.1, 0.15) is 23.7 Å². The van der Waals surface area contributed by atoms with E-state index in [0.29, 0.717) is 0 Å². The molecule has 12 rings (SSSR count). The number of benzene rings is 6. The van der Waals surface area contributed by atoms with Crippen LogP contribution in [0, 0.1) is 0 Å². The Balaban J connectivity index is 1.39. The smallest absolute Gasteiger partial charge is 0.162 e. The summed E-state index contributed by atoms with van der Waals surface area (Å²) in [6.07, 6.45) is 0. The van der Waals surface area contributed by atoms with Gasteiger partial charge >= 0.3 is 0 Å². The van der Waals surface area contributed by atoms with Gasteiger partial charge in [0.2, 0.25) is 0 Å². The molecule has 5 heterocycles. The lowest BCUT2D eigenvalue weighted by Crippen LogP contribution is -2.24. The van der Waals surface area contributed by atoms with Gasteiger partial charge in [0.05, 0.1) is 33.5 Å². The molecule has 214 valence electrons. The summed E-state index contributed by atoms with van der Waals surface area (Å²) in [6.45, 7) is 2.36. The Hall–Kier alpha value is -5.58. The van der Waals surface area contributed by atoms with Crippen molar-refractivity contribution in [1.29, 1.82) is 0 Å². The van der Waals surface area contributed by atoms with Crippen LogP contribution < -0.4 is 0 Å². The zero-order chi connectivity index (χ0) is 30.1. The minimum atomic E-state index is -0.473. The number of hydrogen-bond donors (Lipinski definition) is 0. The maximum absolute atomic E-state index is 5.54. The van der Waals surface area contributed by atoms with Crippen molar-refractivity contribution in [1.82, 2.24) is 14.5 Å². The summed E-state index contributed by atoms with van der Waals surface area (Å²) in [5, 5.41) is 5.24. The van der Waals surface area contributed by atoms with Gasteiger partial charge in [-0.2, -0.15) is 0 Å². The molecule has 0 spiro atoms. The van der Waals surface area contributed by atoms with E-state index in [4.69, 9.17) is 9.97 Å². The minimum Gasteiger partial charge on any atom is -0.308 e. The van der Waals surface area contributed by atoms with Crippen molar-refractivity contribution in [3.63, 3.8) is 0 Å². The summed E-state index contributed by atoms with van der Waals surface area (Å²) in [5.41, 5.74) is 12.1. The quantitative estimate of drug-likeness (QED) is 0.187. The normalized spacial score (nSPS) is 16.0. The number of fused-ring (bicyclic) bond motifs is 8. The van der Waals surface area contributed by atoms with Crippen molar-refractivity contribution in [3.05, 3.63) is 150 Å². The highest BCUT2D eigenvalue weighted by Gasteiger charge is 2.45. The molecule has 4 heteroatoms. The second kappa shape index (κ2) is 8.57. The molecule has 0 amide bonds. The summed E-state index contributed by atoms with van der Waals surface area (Å²) in [7, 11) is 0. The van der Waals surface area contributed by atoms with E-state index in [1.54, 1.807) is 0 Å². The predicted molar refractivity (Wildman–Crippen MR) is 191 cm³/mol. The molecule has 3 aliphatic rings. The molecule has 6 bridgehead atoms. The highest BCUT2D eigenvalue weighted by atomic mass is 32.1. The predicted octanol–water partition coefficient (Wildman–Crippen LogP) is 10.9. The lowest BCUT2D eigenvalue weighted by molar-refractivity contribution is 0.687. The lowest BCUT2D eigenvalue weighted by Gasteiger charge is -2.27. The minimum absolute atomic E-state index is 0.473. The maximum atomic E-state index is 5.54. The molecule has 9 aromatic rings. The first-order valence-electron chi connectivity index (χ1n) is 15.8. The van der Waals surface area contributed by atoms with Gasteiger partial charge in [-0.15, -0.1) is 11.3 Å². The van der Waals surface area contributed by atoms with Crippen LogP contribution in [0.15, 0.2) is 133 Å². The Bertz CT molecular complexity index is 2770. The first kappa shape index (κ1) is 24.7. The van der Waals surface area contributed by atoms with Crippen molar-refractivity contribution in [2.45, 2.75) is 12.3 Å². The van der Waals surface area contributed by atoms with E-state index >= 15 is 0 Å². The third-order valence-corrected chi connectivity index (χ3v) is 11.5. The van der Waals surface area contributed by atoms with Gasteiger partial charge in [0, 0.05) is 47.6 Å². The Morgan fingerprint density at radius 3 is 2.28 bits per heavy atom. The Morgan fingerprint density at radius 1 is 0.609 bits per heavy atom. The fourth-order valence-corrected chi connectivity index (χ4v) is 9.43. The van der Waals surface area contributed by atoms with Crippen LogP contribution in [0.2, 0.25) is 0 Å². The van der Waals surface area contributed by atoms with Crippen LogP contribution in [0.3, 0.4) is 0 Å². The van der Waals surface area contributed by atoms with Crippen LogP contribution in [-0.2, 0) is 5.41 Å². The second-order valence-corrected chi connectivity index (χ2v) is 13.8. The molecule has 6 aromatic carbocycles. The summed E-state index contributed by atoms with van der Waals surface area (Å²) in [6, 6.07) is 48.7. The van der Waals surface area contributed by atoms with E-state index in [1.807, 2.05) is 11.3 Å². The molecule has 2 aliphatic heterocycles. The van der Waals surface area contributed by atoms with Gasteiger partial charge in [0.25, 0.3) is 0 Å². The number of rotatable bonds is 1. The van der Waals surface area contributed by atoms with Crippen molar-refractivity contribution in [2.75, 3.05) is 0 Å². The molecule has 1 atom stereocenters. The second-order valence-electron chi connectivity index (χ2n) is 12.7. The van der Waals surface area contributed by atoms with Gasteiger partial charge in [-0.3, -0.25) is 0 Å². The van der Waals surface area contributed by atoms with Gasteiger partial charge in [-0.1, -0.05) is 91.0 Å². The van der Waals surface area contributed by atoms with Crippen molar-refractivity contribution in [2.24, 2.45) is 0 Å². The van der Waals surface area contributed by atoms with Gasteiger partial charge in [0.15, 0.2) is 5.82 Å². The number of thiophene rings is 1. The van der Waals surface area contributed by atoms with Gasteiger partial charge in [-0.25, -0.2) is 9.97 Å². The number of aromatic nitrogens is 3. The fraction of sp³-hybridized carbons (Fsp3) is 0.0476. The molecule has 3 aromatic heterocycles. The number of hydrogen-bond acceptors (Lipinski definition) is 3. The zero-order valence-electron chi connectivity index (χ0n) is 25.0. The first-order chi connectivity index (χ1) is 22.7. The standard InChI is InChI=1S/C42H25N3S/c1-42-25-19-20-32-29(23-25)36-33(21-22-35-37(36)28-15-7-10-18-34(28)46-35)45(32)31-17-9-6-14-27(31)41-43-39(24-11-3-2-4-12-24)38(40(42)44-41)26-13-5-8-16-30(26)42/h2-23H,1H3. The van der Waals surface area contributed by atoms with Gasteiger partial charge < -0.3 is 4.57 Å². The largest absolute Gasteiger partial charge is 0.308 e. The molecule has 0 radical (unpaired) electrons. The lowest BCUT2D eigenvalue weighted by atomic mass is 9.76. The topological polar surface area (TPSA) is 30.7 Å². The van der Waals surface area contributed by atoms with Gasteiger partial charge in [0.1, 0.15) is 0 Å². The summed E-state index contributed by atoms with van der Waals surface area (Å²) in [4.78, 5) is 11.0. The third kappa shape index (κ3) is 2.93. The van der Waals surface area contributed by atoms with E-state index in [-0.39, 0.29) is 0 Å². The Kier molecular flexibility index (Phi) is 4.60. The average molecular weight is 604 g/mol. The van der Waals surface area contributed by atoms with Crippen LogP contribution in [-0.4, -0.2) is 14.5 Å². The SMILES string of the molecule is CC12c3ccc4c(c3)c3c5c(ccc3n4-c3ccccc3-c3nc(-c4ccccc4)c(c1n3)-c1ccccc12)sc1ccccc15. The van der Waals surface area contributed by atoms with Crippen LogP contribution in [0.5, 0.6) is 0 Å². The molecule has 46 heavy (non-hydrogen) atoms. The highest BCUT2D eigenvalue weighted by Crippen LogP contribution is 2.56. The maximum Gasteiger partial charge on any atom is 0.162 e. The zero-order valence-corrected chi connectivity index (χ0v) is 25.8. The number of para-hydroxylation sites is 1. The summed E-state index contributed by atoms with van der Waals surface area (Å²) >= 11 is 1.88. The van der Waals surface area contributed by atoms with Crippen molar-refractivity contribution >= 4 is 53.3 Å².